The molecule has 0 bridgehead atoms. The molecule has 0 amide bonds. The van der Waals surface area contributed by atoms with Crippen molar-refractivity contribution < 1.29 is 23.4 Å². The maximum Gasteiger partial charge on any atom is 0.303 e. The summed E-state index contributed by atoms with van der Waals surface area (Å²) < 4.78 is 33.4. The fraction of sp³-hybridized carbons (Fsp3) is 0.292. The van der Waals surface area contributed by atoms with E-state index in [-0.39, 0.29) is 12.0 Å². The number of carbonyl (C=O) groups is 1. The van der Waals surface area contributed by atoms with Crippen LogP contribution in [0.1, 0.15) is 37.4 Å². The van der Waals surface area contributed by atoms with Gasteiger partial charge in [-0.1, -0.05) is 37.6 Å². The first-order chi connectivity index (χ1) is 14.9. The highest BCUT2D eigenvalue weighted by Crippen LogP contribution is 2.33. The van der Waals surface area contributed by atoms with Crippen LogP contribution in [-0.4, -0.2) is 28.2 Å². The highest BCUT2D eigenvalue weighted by atomic mass is 19.1. The van der Waals surface area contributed by atoms with Gasteiger partial charge in [0.1, 0.15) is 0 Å². The second-order valence-electron chi connectivity index (χ2n) is 7.23. The van der Waals surface area contributed by atoms with Gasteiger partial charge in [0, 0.05) is 23.7 Å². The molecule has 2 aromatic carbocycles. The van der Waals surface area contributed by atoms with Gasteiger partial charge in [0.2, 0.25) is 0 Å². The lowest BCUT2D eigenvalue weighted by molar-refractivity contribution is -0.136. The van der Waals surface area contributed by atoms with E-state index >= 15 is 0 Å². The highest BCUT2D eigenvalue weighted by Gasteiger charge is 2.18. The molecule has 1 N–H and O–H groups in total. The van der Waals surface area contributed by atoms with E-state index in [1.165, 1.54) is 19.2 Å². The molecule has 0 aliphatic carbocycles. The lowest BCUT2D eigenvalue weighted by atomic mass is 10.0. The van der Waals surface area contributed by atoms with Gasteiger partial charge in [-0.3, -0.25) is 9.78 Å². The standard InChI is InChI=1S/C24H24F2N2O3/c1-3-4-5-18-14-27-22(17-12-19(25)24(31-2)20(26)13-17)23(28-18)16-9-6-15(7-10-16)8-11-21(29)30/h6-7,9-10,12-14H,3-5,8,11H2,1-2H3,(H,29,30). The van der Waals surface area contributed by atoms with E-state index < -0.39 is 23.4 Å². The Kier molecular flexibility index (Phi) is 7.28. The zero-order chi connectivity index (χ0) is 22.4. The summed E-state index contributed by atoms with van der Waals surface area (Å²) in [5.41, 5.74) is 3.54. The molecular formula is C24H24F2N2O3. The number of aryl methyl sites for hydroxylation is 2. The Balaban J connectivity index is 2.05. The molecular weight excluding hydrogens is 402 g/mol. The van der Waals surface area contributed by atoms with Crippen molar-refractivity contribution >= 4 is 5.97 Å². The van der Waals surface area contributed by atoms with Gasteiger partial charge in [0.15, 0.2) is 17.4 Å². The van der Waals surface area contributed by atoms with Gasteiger partial charge in [-0.15, -0.1) is 0 Å². The number of hydrogen-bond donors (Lipinski definition) is 1. The number of hydrogen-bond acceptors (Lipinski definition) is 4. The first-order valence-corrected chi connectivity index (χ1v) is 10.1. The summed E-state index contributed by atoms with van der Waals surface area (Å²) >= 11 is 0. The van der Waals surface area contributed by atoms with E-state index in [9.17, 15) is 13.6 Å². The van der Waals surface area contributed by atoms with Crippen molar-refractivity contribution in [3.8, 4) is 28.3 Å². The normalized spacial score (nSPS) is 10.8. The Hall–Kier alpha value is -3.35. The number of carboxylic acids is 1. The third-order valence-corrected chi connectivity index (χ3v) is 4.94. The molecule has 0 saturated heterocycles. The number of methoxy groups -OCH3 is 1. The number of carboxylic acid groups (broad SMARTS) is 1. The summed E-state index contributed by atoms with van der Waals surface area (Å²) in [7, 11) is 1.21. The van der Waals surface area contributed by atoms with Crippen molar-refractivity contribution in [3.05, 3.63) is 65.5 Å². The molecule has 0 fully saturated rings. The monoisotopic (exact) mass is 426 g/mol. The van der Waals surface area contributed by atoms with Crippen LogP contribution in [0.2, 0.25) is 0 Å². The molecule has 0 atom stereocenters. The molecule has 0 unspecified atom stereocenters. The summed E-state index contributed by atoms with van der Waals surface area (Å²) in [5.74, 6) is -2.93. The number of rotatable bonds is 9. The molecule has 3 rings (SSSR count). The van der Waals surface area contributed by atoms with Crippen molar-refractivity contribution in [2.75, 3.05) is 7.11 Å². The fourth-order valence-electron chi connectivity index (χ4n) is 3.29. The summed E-state index contributed by atoms with van der Waals surface area (Å²) in [6.45, 7) is 2.08. The smallest absolute Gasteiger partial charge is 0.303 e. The number of nitrogens with zero attached hydrogens (tertiary/aromatic N) is 2. The topological polar surface area (TPSA) is 72.3 Å². The van der Waals surface area contributed by atoms with Crippen molar-refractivity contribution in [2.24, 2.45) is 0 Å². The third kappa shape index (κ3) is 5.42. The third-order valence-electron chi connectivity index (χ3n) is 4.94. The lowest BCUT2D eigenvalue weighted by Crippen LogP contribution is -2.01. The van der Waals surface area contributed by atoms with Crippen molar-refractivity contribution in [1.82, 2.24) is 9.97 Å². The molecule has 31 heavy (non-hydrogen) atoms. The molecule has 162 valence electrons. The Morgan fingerprint density at radius 3 is 2.29 bits per heavy atom. The minimum atomic E-state index is -0.857. The molecule has 3 aromatic rings. The molecule has 0 spiro atoms. The molecule has 1 heterocycles. The Morgan fingerprint density at radius 1 is 1.03 bits per heavy atom. The predicted molar refractivity (Wildman–Crippen MR) is 114 cm³/mol. The van der Waals surface area contributed by atoms with Gasteiger partial charge in [0.25, 0.3) is 0 Å². The van der Waals surface area contributed by atoms with Crippen LogP contribution < -0.4 is 4.74 Å². The minimum Gasteiger partial charge on any atom is -0.491 e. The average molecular weight is 426 g/mol. The van der Waals surface area contributed by atoms with Crippen LogP contribution in [0, 0.1) is 11.6 Å². The maximum absolute atomic E-state index is 14.3. The SMILES string of the molecule is CCCCc1cnc(-c2cc(F)c(OC)c(F)c2)c(-c2ccc(CCC(=O)O)cc2)n1. The molecule has 1 aromatic heterocycles. The largest absolute Gasteiger partial charge is 0.491 e. The zero-order valence-electron chi connectivity index (χ0n) is 17.5. The number of benzene rings is 2. The molecule has 5 nitrogen and oxygen atoms in total. The minimum absolute atomic E-state index is 0.0430. The van der Waals surface area contributed by atoms with Crippen molar-refractivity contribution in [3.63, 3.8) is 0 Å². The van der Waals surface area contributed by atoms with E-state index in [0.29, 0.717) is 17.8 Å². The Labute approximate surface area is 179 Å². The predicted octanol–water partition coefficient (Wildman–Crippen LogP) is 5.46. The molecule has 0 radical (unpaired) electrons. The molecule has 0 aliphatic rings. The second-order valence-corrected chi connectivity index (χ2v) is 7.23. The fourth-order valence-corrected chi connectivity index (χ4v) is 3.29. The van der Waals surface area contributed by atoms with E-state index in [2.05, 4.69) is 11.9 Å². The van der Waals surface area contributed by atoms with Crippen LogP contribution in [0.15, 0.2) is 42.6 Å². The van der Waals surface area contributed by atoms with Crippen molar-refractivity contribution in [1.29, 1.82) is 0 Å². The summed E-state index contributed by atoms with van der Waals surface area (Å²) in [4.78, 5) is 20.0. The lowest BCUT2D eigenvalue weighted by Gasteiger charge is -2.13. The highest BCUT2D eigenvalue weighted by molar-refractivity contribution is 5.78. The van der Waals surface area contributed by atoms with Gasteiger partial charge in [0.05, 0.1) is 24.2 Å². The Bertz CT molecular complexity index is 1050. The van der Waals surface area contributed by atoms with E-state index in [1.54, 1.807) is 6.20 Å². The first kappa shape index (κ1) is 22.3. The summed E-state index contributed by atoms with van der Waals surface area (Å²) in [5, 5.41) is 8.86. The van der Waals surface area contributed by atoms with Crippen LogP contribution in [0.5, 0.6) is 5.75 Å². The number of unbranched alkanes of at least 4 members (excludes halogenated alkanes) is 1. The van der Waals surface area contributed by atoms with Gasteiger partial charge in [-0.2, -0.15) is 0 Å². The van der Waals surface area contributed by atoms with Crippen LogP contribution in [-0.2, 0) is 17.6 Å². The number of aromatic nitrogens is 2. The molecule has 0 aliphatic heterocycles. The average Bonchev–Trinajstić information content (AvgIpc) is 2.76. The van der Waals surface area contributed by atoms with Crippen LogP contribution in [0.3, 0.4) is 0 Å². The Morgan fingerprint density at radius 2 is 1.71 bits per heavy atom. The number of halogens is 2. The van der Waals surface area contributed by atoms with E-state index in [0.717, 1.165) is 36.1 Å². The van der Waals surface area contributed by atoms with Gasteiger partial charge in [-0.25, -0.2) is 13.8 Å². The molecule has 0 saturated carbocycles. The molecule has 7 heteroatoms. The van der Waals surface area contributed by atoms with Crippen LogP contribution in [0.4, 0.5) is 8.78 Å². The zero-order valence-corrected chi connectivity index (χ0v) is 17.5. The second kappa shape index (κ2) is 10.1. The van der Waals surface area contributed by atoms with Crippen LogP contribution in [0.25, 0.3) is 22.5 Å². The van der Waals surface area contributed by atoms with Gasteiger partial charge in [-0.05, 0) is 37.0 Å². The first-order valence-electron chi connectivity index (χ1n) is 10.1. The van der Waals surface area contributed by atoms with Crippen molar-refractivity contribution in [2.45, 2.75) is 39.0 Å². The number of aliphatic carboxylic acids is 1. The maximum atomic E-state index is 14.3. The number of ether oxygens (including phenoxy) is 1. The summed E-state index contributed by atoms with van der Waals surface area (Å²) in [6.07, 6.45) is 4.80. The quantitative estimate of drug-likeness (QED) is 0.492. The van der Waals surface area contributed by atoms with E-state index in [4.69, 9.17) is 14.8 Å². The van der Waals surface area contributed by atoms with Gasteiger partial charge < -0.3 is 9.84 Å². The summed E-state index contributed by atoms with van der Waals surface area (Å²) in [6, 6.07) is 9.68. The van der Waals surface area contributed by atoms with Crippen LogP contribution >= 0.6 is 0 Å². The van der Waals surface area contributed by atoms with Gasteiger partial charge >= 0.3 is 5.97 Å². The van der Waals surface area contributed by atoms with E-state index in [1.807, 2.05) is 24.3 Å².